The zero-order valence-corrected chi connectivity index (χ0v) is 12.0. The zero-order chi connectivity index (χ0) is 15.6. The zero-order valence-electron chi connectivity index (χ0n) is 12.0. The first kappa shape index (κ1) is 14.8. The third-order valence-corrected chi connectivity index (χ3v) is 3.58. The van der Waals surface area contributed by atoms with Gasteiger partial charge in [-0.2, -0.15) is 0 Å². The van der Waals surface area contributed by atoms with Gasteiger partial charge in [0, 0.05) is 26.2 Å². The standard InChI is InChI=1S/C14H18N4O3/c1-16-9-5-6-10-12(8-9)17(2)14(21)18(10)11(13(15)20)4-3-7-19/h5-8,11,16H,3-4H2,1-2H3,(H2,15,20). The molecule has 21 heavy (non-hydrogen) atoms. The second-order valence-electron chi connectivity index (χ2n) is 4.83. The van der Waals surface area contributed by atoms with E-state index in [1.165, 1.54) is 9.13 Å². The summed E-state index contributed by atoms with van der Waals surface area (Å²) in [6.45, 7) is 0. The molecule has 3 N–H and O–H groups in total. The first-order chi connectivity index (χ1) is 10.0. The molecule has 0 fully saturated rings. The number of imidazole rings is 1. The fourth-order valence-electron chi connectivity index (χ4n) is 2.44. The van der Waals surface area contributed by atoms with E-state index in [0.717, 1.165) is 5.69 Å². The maximum Gasteiger partial charge on any atom is 0.329 e. The summed E-state index contributed by atoms with van der Waals surface area (Å²) in [7, 11) is 3.42. The first-order valence-corrected chi connectivity index (χ1v) is 6.63. The molecule has 1 aromatic heterocycles. The minimum absolute atomic E-state index is 0.172. The Morgan fingerprint density at radius 3 is 2.71 bits per heavy atom. The highest BCUT2D eigenvalue weighted by atomic mass is 16.2. The highest BCUT2D eigenvalue weighted by molar-refractivity contribution is 5.84. The maximum absolute atomic E-state index is 12.4. The Bertz CT molecular complexity index is 744. The molecule has 0 bridgehead atoms. The Labute approximate surface area is 121 Å². The normalized spacial score (nSPS) is 12.3. The molecule has 112 valence electrons. The van der Waals surface area contributed by atoms with Crippen molar-refractivity contribution < 1.29 is 9.59 Å². The van der Waals surface area contributed by atoms with E-state index >= 15 is 0 Å². The Kier molecular flexibility index (Phi) is 4.11. The number of nitrogens with zero attached hydrogens (tertiary/aromatic N) is 2. The second-order valence-corrected chi connectivity index (χ2v) is 4.83. The minimum atomic E-state index is -0.827. The smallest absolute Gasteiger partial charge is 0.329 e. The fourth-order valence-corrected chi connectivity index (χ4v) is 2.44. The van der Waals surface area contributed by atoms with Gasteiger partial charge in [-0.3, -0.25) is 13.9 Å². The van der Waals surface area contributed by atoms with Gasteiger partial charge in [-0.15, -0.1) is 0 Å². The van der Waals surface area contributed by atoms with Crippen molar-refractivity contribution in [3.8, 4) is 0 Å². The second kappa shape index (κ2) is 5.82. The summed E-state index contributed by atoms with van der Waals surface area (Å²) in [5.74, 6) is -0.621. The van der Waals surface area contributed by atoms with E-state index in [0.29, 0.717) is 17.3 Å². The number of benzene rings is 1. The van der Waals surface area contributed by atoms with Crippen LogP contribution in [0.5, 0.6) is 0 Å². The Balaban J connectivity index is 2.67. The van der Waals surface area contributed by atoms with Crippen LogP contribution >= 0.6 is 0 Å². The molecular weight excluding hydrogens is 272 g/mol. The van der Waals surface area contributed by atoms with Crippen LogP contribution in [-0.4, -0.2) is 28.4 Å². The number of hydrogen-bond acceptors (Lipinski definition) is 4. The van der Waals surface area contributed by atoms with Crippen LogP contribution in [0.25, 0.3) is 11.0 Å². The Morgan fingerprint density at radius 2 is 2.14 bits per heavy atom. The quantitative estimate of drug-likeness (QED) is 0.752. The molecule has 1 atom stereocenters. The molecule has 0 saturated carbocycles. The van der Waals surface area contributed by atoms with Crippen LogP contribution in [0.15, 0.2) is 23.0 Å². The number of nitrogens with one attached hydrogen (secondary N) is 1. The van der Waals surface area contributed by atoms with Crippen LogP contribution in [0.3, 0.4) is 0 Å². The summed E-state index contributed by atoms with van der Waals surface area (Å²) < 4.78 is 2.83. The van der Waals surface area contributed by atoms with Gasteiger partial charge in [0.1, 0.15) is 12.3 Å². The lowest BCUT2D eigenvalue weighted by Crippen LogP contribution is -2.34. The molecule has 1 heterocycles. The molecule has 0 spiro atoms. The number of aldehydes is 1. The van der Waals surface area contributed by atoms with Gasteiger partial charge in [0.25, 0.3) is 0 Å². The van der Waals surface area contributed by atoms with Gasteiger partial charge in [-0.1, -0.05) is 0 Å². The van der Waals surface area contributed by atoms with E-state index < -0.39 is 11.9 Å². The SMILES string of the molecule is CNc1ccc2c(c1)n(C)c(=O)n2C(CCC=O)C(N)=O. The van der Waals surface area contributed by atoms with E-state index in [1.54, 1.807) is 20.2 Å². The van der Waals surface area contributed by atoms with Gasteiger partial charge in [-0.25, -0.2) is 4.79 Å². The molecule has 0 aliphatic heterocycles. The van der Waals surface area contributed by atoms with Crippen LogP contribution in [-0.2, 0) is 16.6 Å². The average molecular weight is 290 g/mol. The molecule has 0 radical (unpaired) electrons. The molecule has 1 aromatic carbocycles. The Hall–Kier alpha value is -2.57. The topological polar surface area (TPSA) is 99.1 Å². The van der Waals surface area contributed by atoms with Gasteiger partial charge >= 0.3 is 5.69 Å². The number of aromatic nitrogens is 2. The predicted molar refractivity (Wildman–Crippen MR) is 80.3 cm³/mol. The number of nitrogens with two attached hydrogens (primary N) is 1. The maximum atomic E-state index is 12.4. The lowest BCUT2D eigenvalue weighted by atomic mass is 10.1. The van der Waals surface area contributed by atoms with E-state index in [9.17, 15) is 14.4 Å². The molecule has 0 aliphatic carbocycles. The molecule has 1 amide bonds. The number of fused-ring (bicyclic) bond motifs is 1. The van der Waals surface area contributed by atoms with E-state index in [2.05, 4.69) is 5.32 Å². The minimum Gasteiger partial charge on any atom is -0.388 e. The number of primary amides is 1. The Morgan fingerprint density at radius 1 is 1.43 bits per heavy atom. The largest absolute Gasteiger partial charge is 0.388 e. The number of anilines is 1. The van der Waals surface area contributed by atoms with E-state index in [1.807, 2.05) is 12.1 Å². The average Bonchev–Trinajstić information content (AvgIpc) is 2.72. The van der Waals surface area contributed by atoms with Gasteiger partial charge in [0.15, 0.2) is 0 Å². The molecule has 2 rings (SSSR count). The van der Waals surface area contributed by atoms with E-state index in [4.69, 9.17) is 5.73 Å². The van der Waals surface area contributed by atoms with Crippen molar-refractivity contribution in [2.45, 2.75) is 18.9 Å². The van der Waals surface area contributed by atoms with Crippen molar-refractivity contribution in [1.29, 1.82) is 0 Å². The van der Waals surface area contributed by atoms with Crippen molar-refractivity contribution in [2.24, 2.45) is 12.8 Å². The van der Waals surface area contributed by atoms with Crippen molar-refractivity contribution in [3.63, 3.8) is 0 Å². The van der Waals surface area contributed by atoms with E-state index in [-0.39, 0.29) is 18.5 Å². The number of rotatable bonds is 6. The fraction of sp³-hybridized carbons (Fsp3) is 0.357. The van der Waals surface area contributed by atoms with Crippen LogP contribution in [0.1, 0.15) is 18.9 Å². The van der Waals surface area contributed by atoms with Crippen molar-refractivity contribution in [2.75, 3.05) is 12.4 Å². The lowest BCUT2D eigenvalue weighted by molar-refractivity contribution is -0.121. The van der Waals surface area contributed by atoms with Gasteiger partial charge < -0.3 is 15.8 Å². The van der Waals surface area contributed by atoms with Crippen LogP contribution in [0.2, 0.25) is 0 Å². The summed E-state index contributed by atoms with van der Waals surface area (Å²) in [5.41, 5.74) is 7.25. The van der Waals surface area contributed by atoms with Crippen LogP contribution in [0, 0.1) is 0 Å². The third kappa shape index (κ3) is 2.54. The highest BCUT2D eigenvalue weighted by Crippen LogP contribution is 2.22. The molecule has 0 aliphatic rings. The predicted octanol–water partition coefficient (Wildman–Crippen LogP) is 0.387. The molecule has 0 saturated heterocycles. The number of carbonyl (C=O) groups excluding carboxylic acids is 2. The van der Waals surface area contributed by atoms with Gasteiger partial charge in [0.2, 0.25) is 5.91 Å². The molecule has 1 unspecified atom stereocenters. The molecule has 7 heteroatoms. The molecule has 2 aromatic rings. The monoisotopic (exact) mass is 290 g/mol. The summed E-state index contributed by atoms with van der Waals surface area (Å²) >= 11 is 0. The third-order valence-electron chi connectivity index (χ3n) is 3.58. The molecule has 7 nitrogen and oxygen atoms in total. The van der Waals surface area contributed by atoms with Gasteiger partial charge in [0.05, 0.1) is 11.0 Å². The van der Waals surface area contributed by atoms with Crippen molar-refractivity contribution >= 4 is 28.9 Å². The number of carbonyl (C=O) groups is 2. The van der Waals surface area contributed by atoms with Gasteiger partial charge in [-0.05, 0) is 24.6 Å². The number of aryl methyl sites for hydroxylation is 1. The summed E-state index contributed by atoms with van der Waals surface area (Å²) in [4.78, 5) is 34.6. The lowest BCUT2D eigenvalue weighted by Gasteiger charge is -2.14. The summed E-state index contributed by atoms with van der Waals surface area (Å²) in [5, 5.41) is 3.00. The first-order valence-electron chi connectivity index (χ1n) is 6.63. The number of amides is 1. The van der Waals surface area contributed by atoms with Crippen LogP contribution < -0.4 is 16.7 Å². The highest BCUT2D eigenvalue weighted by Gasteiger charge is 2.23. The number of hydrogen-bond donors (Lipinski definition) is 2. The van der Waals surface area contributed by atoms with Crippen LogP contribution in [0.4, 0.5) is 5.69 Å². The van der Waals surface area contributed by atoms with Crippen molar-refractivity contribution in [1.82, 2.24) is 9.13 Å². The summed E-state index contributed by atoms with van der Waals surface area (Å²) in [6, 6.07) is 4.58. The summed E-state index contributed by atoms with van der Waals surface area (Å²) in [6.07, 6.45) is 1.10. The molecular formula is C14H18N4O3. The van der Waals surface area contributed by atoms with Crippen molar-refractivity contribution in [3.05, 3.63) is 28.7 Å².